The Hall–Kier alpha value is -3.81. The maximum atomic E-state index is 12.9. The van der Waals surface area contributed by atoms with E-state index in [1.54, 1.807) is 18.2 Å². The number of imide groups is 2. The molecule has 1 aliphatic rings. The lowest BCUT2D eigenvalue weighted by Crippen LogP contribution is -2.54. The zero-order valence-electron chi connectivity index (χ0n) is 16.0. The third-order valence-electron chi connectivity index (χ3n) is 4.17. The van der Waals surface area contributed by atoms with E-state index >= 15 is 0 Å². The minimum atomic E-state index is -0.858. The molecule has 2 aromatic carbocycles. The van der Waals surface area contributed by atoms with Gasteiger partial charge in [-0.3, -0.25) is 14.9 Å². The molecule has 2 N–H and O–H groups in total. The smallest absolute Gasteiger partial charge is 0.335 e. The van der Waals surface area contributed by atoms with Crippen LogP contribution in [0.2, 0.25) is 0 Å². The molecule has 0 radical (unpaired) electrons. The van der Waals surface area contributed by atoms with Crippen molar-refractivity contribution in [3.8, 4) is 17.2 Å². The highest BCUT2D eigenvalue weighted by Crippen LogP contribution is 2.30. The molecular formula is C21H20N2O6. The Morgan fingerprint density at radius 1 is 1.07 bits per heavy atom. The van der Waals surface area contributed by atoms with Gasteiger partial charge in [0.15, 0.2) is 11.5 Å². The molecule has 0 atom stereocenters. The van der Waals surface area contributed by atoms with Crippen molar-refractivity contribution >= 4 is 29.6 Å². The van der Waals surface area contributed by atoms with Crippen LogP contribution in [0.1, 0.15) is 18.9 Å². The summed E-state index contributed by atoms with van der Waals surface area (Å²) < 4.78 is 10.9. The van der Waals surface area contributed by atoms with Gasteiger partial charge in [-0.15, -0.1) is 0 Å². The van der Waals surface area contributed by atoms with Gasteiger partial charge < -0.3 is 14.6 Å². The molecule has 1 saturated heterocycles. The Labute approximate surface area is 167 Å². The third kappa shape index (κ3) is 4.21. The number of methoxy groups -OCH3 is 1. The fourth-order valence-electron chi connectivity index (χ4n) is 2.77. The number of carbonyl (C=O) groups is 3. The van der Waals surface area contributed by atoms with Gasteiger partial charge >= 0.3 is 6.03 Å². The van der Waals surface area contributed by atoms with Crippen molar-refractivity contribution in [3.63, 3.8) is 0 Å². The largest absolute Gasteiger partial charge is 0.508 e. The second-order valence-corrected chi connectivity index (χ2v) is 6.23. The first kappa shape index (κ1) is 19.9. The van der Waals surface area contributed by atoms with Crippen LogP contribution in [0.4, 0.5) is 10.5 Å². The maximum Gasteiger partial charge on any atom is 0.335 e. The first-order chi connectivity index (χ1) is 13.9. The highest BCUT2D eigenvalue weighted by Gasteiger charge is 2.36. The zero-order chi connectivity index (χ0) is 21.0. The molecule has 0 aliphatic carbocycles. The predicted molar refractivity (Wildman–Crippen MR) is 106 cm³/mol. The summed E-state index contributed by atoms with van der Waals surface area (Å²) in [6.45, 7) is 2.51. The van der Waals surface area contributed by atoms with Gasteiger partial charge in [-0.25, -0.2) is 9.69 Å². The summed E-state index contributed by atoms with van der Waals surface area (Å²) in [5.41, 5.74) is 0.552. The van der Waals surface area contributed by atoms with Crippen LogP contribution >= 0.6 is 0 Å². The van der Waals surface area contributed by atoms with E-state index in [1.807, 2.05) is 6.92 Å². The summed E-state index contributed by atoms with van der Waals surface area (Å²) in [6, 6.07) is 9.65. The van der Waals surface area contributed by atoms with Crippen LogP contribution in [0.25, 0.3) is 6.08 Å². The van der Waals surface area contributed by atoms with Gasteiger partial charge in [0.05, 0.1) is 19.4 Å². The van der Waals surface area contributed by atoms with E-state index in [-0.39, 0.29) is 17.0 Å². The predicted octanol–water partition coefficient (Wildman–Crippen LogP) is 2.86. The van der Waals surface area contributed by atoms with Crippen molar-refractivity contribution in [1.29, 1.82) is 0 Å². The molecule has 1 aliphatic heterocycles. The Morgan fingerprint density at radius 3 is 2.45 bits per heavy atom. The van der Waals surface area contributed by atoms with E-state index in [2.05, 4.69) is 5.32 Å². The highest BCUT2D eigenvalue weighted by molar-refractivity contribution is 6.39. The van der Waals surface area contributed by atoms with Crippen LogP contribution in [-0.4, -0.2) is 36.7 Å². The molecule has 0 aromatic heterocycles. The number of benzene rings is 2. The Kier molecular flexibility index (Phi) is 5.82. The number of phenols is 1. The number of ether oxygens (including phenoxy) is 2. The lowest BCUT2D eigenvalue weighted by atomic mass is 10.1. The minimum Gasteiger partial charge on any atom is -0.508 e. The van der Waals surface area contributed by atoms with Gasteiger partial charge in [0.2, 0.25) is 0 Å². The number of hydrogen-bond acceptors (Lipinski definition) is 6. The molecule has 150 valence electrons. The normalized spacial score (nSPS) is 15.4. The Bertz CT molecular complexity index is 981. The molecule has 8 heteroatoms. The molecule has 4 amide bonds. The van der Waals surface area contributed by atoms with Crippen LogP contribution in [0, 0.1) is 0 Å². The van der Waals surface area contributed by atoms with Crippen LogP contribution in [0.5, 0.6) is 17.2 Å². The first-order valence-corrected chi connectivity index (χ1v) is 8.96. The van der Waals surface area contributed by atoms with Gasteiger partial charge in [-0.05, 0) is 54.5 Å². The average molecular weight is 396 g/mol. The minimum absolute atomic E-state index is 0.0112. The summed E-state index contributed by atoms with van der Waals surface area (Å²) in [6.07, 6.45) is 2.22. The number of anilines is 1. The average Bonchev–Trinajstić information content (AvgIpc) is 2.71. The fourth-order valence-corrected chi connectivity index (χ4v) is 2.77. The molecular weight excluding hydrogens is 376 g/mol. The monoisotopic (exact) mass is 396 g/mol. The molecule has 29 heavy (non-hydrogen) atoms. The van der Waals surface area contributed by atoms with Gasteiger partial charge in [-0.2, -0.15) is 0 Å². The molecule has 0 saturated carbocycles. The summed E-state index contributed by atoms with van der Waals surface area (Å²) in [5, 5.41) is 11.6. The number of carbonyl (C=O) groups excluding carboxylic acids is 3. The summed E-state index contributed by atoms with van der Waals surface area (Å²) in [4.78, 5) is 38.2. The molecule has 2 aromatic rings. The molecule has 0 bridgehead atoms. The van der Waals surface area contributed by atoms with E-state index in [4.69, 9.17) is 9.47 Å². The Morgan fingerprint density at radius 2 is 1.79 bits per heavy atom. The second kappa shape index (κ2) is 8.47. The number of rotatable bonds is 6. The number of urea groups is 1. The number of phenolic OH excluding ortho intramolecular Hbond substituents is 1. The van der Waals surface area contributed by atoms with Gasteiger partial charge in [0.1, 0.15) is 11.3 Å². The standard InChI is InChI=1S/C21H20N2O6/c1-3-10-29-17-9-4-13(12-18(17)28-2)11-16-19(25)22-21(27)23(20(16)26)14-5-7-15(24)8-6-14/h4-9,11-12,24H,3,10H2,1-2H3,(H,22,25,27)/b16-11+. The van der Waals surface area contributed by atoms with Gasteiger partial charge in [0.25, 0.3) is 11.8 Å². The third-order valence-corrected chi connectivity index (χ3v) is 4.17. The summed E-state index contributed by atoms with van der Waals surface area (Å²) in [5.74, 6) is -0.558. The summed E-state index contributed by atoms with van der Waals surface area (Å²) in [7, 11) is 1.49. The van der Waals surface area contributed by atoms with E-state index in [9.17, 15) is 19.5 Å². The SMILES string of the molecule is CCCOc1ccc(/C=C2\C(=O)NC(=O)N(c3ccc(O)cc3)C2=O)cc1OC. The fraction of sp³-hybridized carbons (Fsp3) is 0.190. The number of nitrogens with zero attached hydrogens (tertiary/aromatic N) is 1. The van der Waals surface area contributed by atoms with E-state index in [0.29, 0.717) is 23.7 Å². The van der Waals surface area contributed by atoms with E-state index in [0.717, 1.165) is 11.3 Å². The van der Waals surface area contributed by atoms with Gasteiger partial charge in [0, 0.05) is 0 Å². The van der Waals surface area contributed by atoms with Crippen LogP contribution < -0.4 is 19.7 Å². The maximum absolute atomic E-state index is 12.9. The van der Waals surface area contributed by atoms with E-state index in [1.165, 1.54) is 37.5 Å². The molecule has 1 heterocycles. The van der Waals surface area contributed by atoms with Crippen molar-refractivity contribution in [2.45, 2.75) is 13.3 Å². The number of aromatic hydroxyl groups is 1. The molecule has 3 rings (SSSR count). The van der Waals surface area contributed by atoms with Crippen molar-refractivity contribution in [2.24, 2.45) is 0 Å². The first-order valence-electron chi connectivity index (χ1n) is 8.96. The number of barbiturate groups is 1. The summed E-state index contributed by atoms with van der Waals surface area (Å²) >= 11 is 0. The van der Waals surface area contributed by atoms with Crippen LogP contribution in [-0.2, 0) is 9.59 Å². The molecule has 0 unspecified atom stereocenters. The topological polar surface area (TPSA) is 105 Å². The van der Waals surface area contributed by atoms with Gasteiger partial charge in [-0.1, -0.05) is 13.0 Å². The quantitative estimate of drug-likeness (QED) is 0.575. The lowest BCUT2D eigenvalue weighted by Gasteiger charge is -2.26. The number of hydrogen-bond donors (Lipinski definition) is 2. The molecule has 8 nitrogen and oxygen atoms in total. The van der Waals surface area contributed by atoms with Crippen molar-refractivity contribution < 1.29 is 29.0 Å². The molecule has 1 fully saturated rings. The number of amides is 4. The van der Waals surface area contributed by atoms with Crippen molar-refractivity contribution in [2.75, 3.05) is 18.6 Å². The van der Waals surface area contributed by atoms with Crippen molar-refractivity contribution in [1.82, 2.24) is 5.32 Å². The van der Waals surface area contributed by atoms with Crippen LogP contribution in [0.3, 0.4) is 0 Å². The van der Waals surface area contributed by atoms with E-state index < -0.39 is 17.8 Å². The molecule has 0 spiro atoms. The van der Waals surface area contributed by atoms with Crippen LogP contribution in [0.15, 0.2) is 48.0 Å². The van der Waals surface area contributed by atoms with Crippen molar-refractivity contribution in [3.05, 3.63) is 53.6 Å². The lowest BCUT2D eigenvalue weighted by molar-refractivity contribution is -0.122. The second-order valence-electron chi connectivity index (χ2n) is 6.23. The Balaban J connectivity index is 1.95. The highest BCUT2D eigenvalue weighted by atomic mass is 16.5. The zero-order valence-corrected chi connectivity index (χ0v) is 16.0. The number of nitrogens with one attached hydrogen (secondary N) is 1.